The van der Waals surface area contributed by atoms with Gasteiger partial charge in [0.2, 0.25) is 0 Å². The van der Waals surface area contributed by atoms with Crippen LogP contribution in [0.4, 0.5) is 5.82 Å². The van der Waals surface area contributed by atoms with Crippen LogP contribution in [0.2, 0.25) is 0 Å². The second kappa shape index (κ2) is 6.94. The molecule has 1 atom stereocenters. The van der Waals surface area contributed by atoms with E-state index in [0.29, 0.717) is 18.4 Å². The van der Waals surface area contributed by atoms with Crippen LogP contribution in [0.3, 0.4) is 0 Å². The molecule has 1 aromatic heterocycles. The highest BCUT2D eigenvalue weighted by molar-refractivity contribution is 5.83. The van der Waals surface area contributed by atoms with Gasteiger partial charge in [0.25, 0.3) is 0 Å². The molecule has 2 rings (SSSR count). The summed E-state index contributed by atoms with van der Waals surface area (Å²) in [6.45, 7) is 8.95. The Morgan fingerprint density at radius 3 is 2.85 bits per heavy atom. The molecule has 106 valence electrons. The van der Waals surface area contributed by atoms with Gasteiger partial charge >= 0.3 is 0 Å². The lowest BCUT2D eigenvalue weighted by atomic mass is 10.1. The summed E-state index contributed by atoms with van der Waals surface area (Å²) in [5.74, 6) is 1.86. The molecule has 0 aliphatic heterocycles. The largest absolute Gasteiger partial charge is 0.479 e. The Morgan fingerprint density at radius 1 is 1.35 bits per heavy atom. The van der Waals surface area contributed by atoms with Crippen molar-refractivity contribution in [2.24, 2.45) is 5.92 Å². The number of nitrogens with one attached hydrogen (secondary N) is 1. The molecule has 0 amide bonds. The van der Waals surface area contributed by atoms with Crippen molar-refractivity contribution in [3.63, 3.8) is 0 Å². The number of aromatic nitrogens is 1. The van der Waals surface area contributed by atoms with E-state index in [1.165, 1.54) is 12.8 Å². The normalized spacial score (nSPS) is 12.1. The SMILES string of the molecule is C=C(Nc1cc2ccccc2cn1)OCC(C)CCC. The fraction of sp³-hybridized carbons (Fsp3) is 0.353. The third kappa shape index (κ3) is 3.98. The monoisotopic (exact) mass is 270 g/mol. The van der Waals surface area contributed by atoms with Crippen LogP contribution in [0.5, 0.6) is 0 Å². The van der Waals surface area contributed by atoms with Gasteiger partial charge in [0.1, 0.15) is 5.82 Å². The number of rotatable bonds is 7. The number of hydrogen-bond acceptors (Lipinski definition) is 3. The molecule has 0 saturated carbocycles. The molecule has 1 aromatic carbocycles. The van der Waals surface area contributed by atoms with E-state index in [0.717, 1.165) is 16.6 Å². The molecule has 3 nitrogen and oxygen atoms in total. The van der Waals surface area contributed by atoms with Gasteiger partial charge in [-0.1, -0.05) is 44.5 Å². The van der Waals surface area contributed by atoms with E-state index in [9.17, 15) is 0 Å². The Labute approximate surface area is 120 Å². The average Bonchev–Trinajstić information content (AvgIpc) is 2.45. The zero-order valence-electron chi connectivity index (χ0n) is 12.2. The fourth-order valence-electron chi connectivity index (χ4n) is 2.15. The highest BCUT2D eigenvalue weighted by atomic mass is 16.5. The Hall–Kier alpha value is -2.03. The van der Waals surface area contributed by atoms with Crippen molar-refractivity contribution < 1.29 is 4.74 Å². The summed E-state index contributed by atoms with van der Waals surface area (Å²) in [7, 11) is 0. The van der Waals surface area contributed by atoms with Gasteiger partial charge in [-0.15, -0.1) is 0 Å². The molecule has 0 radical (unpaired) electrons. The summed E-state index contributed by atoms with van der Waals surface area (Å²) in [4.78, 5) is 4.36. The first-order valence-corrected chi connectivity index (χ1v) is 7.12. The molecule has 20 heavy (non-hydrogen) atoms. The van der Waals surface area contributed by atoms with Crippen molar-refractivity contribution >= 4 is 16.6 Å². The molecule has 0 bridgehead atoms. The average molecular weight is 270 g/mol. The van der Waals surface area contributed by atoms with Gasteiger partial charge in [0, 0.05) is 11.6 Å². The summed E-state index contributed by atoms with van der Waals surface area (Å²) in [5.41, 5.74) is 0. The van der Waals surface area contributed by atoms with Crippen molar-refractivity contribution in [2.45, 2.75) is 26.7 Å². The summed E-state index contributed by atoms with van der Waals surface area (Å²) >= 11 is 0. The van der Waals surface area contributed by atoms with E-state index in [-0.39, 0.29) is 0 Å². The lowest BCUT2D eigenvalue weighted by Gasteiger charge is -2.15. The molecule has 0 spiro atoms. The summed E-state index contributed by atoms with van der Waals surface area (Å²) in [6.07, 6.45) is 4.20. The van der Waals surface area contributed by atoms with E-state index in [2.05, 4.69) is 36.8 Å². The van der Waals surface area contributed by atoms with Crippen molar-refractivity contribution in [3.05, 3.63) is 49.0 Å². The maximum absolute atomic E-state index is 5.63. The Bertz CT molecular complexity index is 580. The lowest BCUT2D eigenvalue weighted by Crippen LogP contribution is -2.10. The fourth-order valence-corrected chi connectivity index (χ4v) is 2.15. The lowest BCUT2D eigenvalue weighted by molar-refractivity contribution is 0.172. The van der Waals surface area contributed by atoms with E-state index >= 15 is 0 Å². The highest BCUT2D eigenvalue weighted by Gasteiger charge is 2.04. The number of benzene rings is 1. The first-order chi connectivity index (χ1) is 9.69. The standard InChI is InChI=1S/C17H22N2O/c1-4-7-13(2)12-20-14(3)19-17-10-15-8-5-6-9-16(15)11-18-17/h5-6,8-11,13H,3-4,7,12H2,1-2H3,(H,18,19). The number of nitrogens with zero attached hydrogens (tertiary/aromatic N) is 1. The highest BCUT2D eigenvalue weighted by Crippen LogP contribution is 2.17. The Morgan fingerprint density at radius 2 is 2.10 bits per heavy atom. The Balaban J connectivity index is 1.92. The van der Waals surface area contributed by atoms with E-state index in [1.54, 1.807) is 0 Å². The zero-order valence-corrected chi connectivity index (χ0v) is 12.2. The van der Waals surface area contributed by atoms with Crippen molar-refractivity contribution in [1.82, 2.24) is 4.98 Å². The molecule has 0 aliphatic rings. The van der Waals surface area contributed by atoms with Gasteiger partial charge in [0.05, 0.1) is 6.61 Å². The van der Waals surface area contributed by atoms with Crippen molar-refractivity contribution in [2.75, 3.05) is 11.9 Å². The second-order valence-electron chi connectivity index (χ2n) is 5.17. The third-order valence-corrected chi connectivity index (χ3v) is 3.22. The molecule has 2 aromatic rings. The number of ether oxygens (including phenoxy) is 1. The third-order valence-electron chi connectivity index (χ3n) is 3.22. The molecule has 1 heterocycles. The minimum atomic E-state index is 0.545. The van der Waals surface area contributed by atoms with Crippen LogP contribution < -0.4 is 5.32 Å². The van der Waals surface area contributed by atoms with Gasteiger partial charge in [-0.2, -0.15) is 0 Å². The number of fused-ring (bicyclic) bond motifs is 1. The van der Waals surface area contributed by atoms with Crippen LogP contribution in [0.1, 0.15) is 26.7 Å². The summed E-state index contributed by atoms with van der Waals surface area (Å²) in [6, 6.07) is 10.1. The van der Waals surface area contributed by atoms with Crippen LogP contribution in [0.15, 0.2) is 49.0 Å². The number of hydrogen-bond donors (Lipinski definition) is 1. The summed E-state index contributed by atoms with van der Waals surface area (Å²) in [5, 5.41) is 5.38. The molecule has 0 fully saturated rings. The Kier molecular flexibility index (Phi) is 4.99. The van der Waals surface area contributed by atoms with Crippen LogP contribution in [0.25, 0.3) is 10.8 Å². The predicted molar refractivity (Wildman–Crippen MR) is 84.5 cm³/mol. The van der Waals surface area contributed by atoms with E-state index in [1.807, 2.05) is 30.5 Å². The quantitative estimate of drug-likeness (QED) is 0.748. The van der Waals surface area contributed by atoms with Gasteiger partial charge in [0.15, 0.2) is 5.88 Å². The molecule has 3 heteroatoms. The second-order valence-corrected chi connectivity index (χ2v) is 5.17. The first kappa shape index (κ1) is 14.4. The van der Waals surface area contributed by atoms with Gasteiger partial charge in [-0.3, -0.25) is 0 Å². The maximum Gasteiger partial charge on any atom is 0.184 e. The van der Waals surface area contributed by atoms with Crippen molar-refractivity contribution in [1.29, 1.82) is 0 Å². The molecule has 1 N–H and O–H groups in total. The van der Waals surface area contributed by atoms with Crippen molar-refractivity contribution in [3.8, 4) is 0 Å². The van der Waals surface area contributed by atoms with E-state index in [4.69, 9.17) is 4.74 Å². The predicted octanol–water partition coefficient (Wildman–Crippen LogP) is 4.57. The minimum absolute atomic E-state index is 0.545. The van der Waals surface area contributed by atoms with E-state index < -0.39 is 0 Å². The smallest absolute Gasteiger partial charge is 0.184 e. The molecule has 1 unspecified atom stereocenters. The number of pyridine rings is 1. The first-order valence-electron chi connectivity index (χ1n) is 7.12. The van der Waals surface area contributed by atoms with Crippen LogP contribution in [0, 0.1) is 5.92 Å². The molecule has 0 saturated heterocycles. The molecular weight excluding hydrogens is 248 g/mol. The maximum atomic E-state index is 5.63. The zero-order chi connectivity index (χ0) is 14.4. The summed E-state index contributed by atoms with van der Waals surface area (Å²) < 4.78 is 5.63. The number of anilines is 1. The van der Waals surface area contributed by atoms with Crippen LogP contribution in [-0.4, -0.2) is 11.6 Å². The van der Waals surface area contributed by atoms with Gasteiger partial charge in [-0.05, 0) is 30.4 Å². The van der Waals surface area contributed by atoms with Gasteiger partial charge < -0.3 is 10.1 Å². The van der Waals surface area contributed by atoms with Crippen LogP contribution >= 0.6 is 0 Å². The molecular formula is C17H22N2O. The van der Waals surface area contributed by atoms with Gasteiger partial charge in [-0.25, -0.2) is 4.98 Å². The molecule has 0 aliphatic carbocycles. The minimum Gasteiger partial charge on any atom is -0.479 e. The van der Waals surface area contributed by atoms with Crippen LogP contribution in [-0.2, 0) is 4.74 Å². The topological polar surface area (TPSA) is 34.2 Å².